The summed E-state index contributed by atoms with van der Waals surface area (Å²) in [5.74, 6) is 0.662. The van der Waals surface area contributed by atoms with E-state index in [1.54, 1.807) is 0 Å². The Hall–Kier alpha value is -0.0300. The van der Waals surface area contributed by atoms with E-state index in [4.69, 9.17) is 28.3 Å². The zero-order chi connectivity index (χ0) is 17.4. The molecule has 0 heterocycles. The van der Waals surface area contributed by atoms with E-state index in [2.05, 4.69) is 34.0 Å². The summed E-state index contributed by atoms with van der Waals surface area (Å²) in [4.78, 5) is 0. The van der Waals surface area contributed by atoms with Crippen molar-refractivity contribution in [2.24, 2.45) is 11.3 Å². The second kappa shape index (κ2) is 9.96. The molecule has 130 valence electrons. The van der Waals surface area contributed by atoms with Crippen molar-refractivity contribution in [1.82, 2.24) is 0 Å². The Labute approximate surface area is 142 Å². The molecule has 0 aliphatic heterocycles. The van der Waals surface area contributed by atoms with Crippen molar-refractivity contribution in [2.75, 3.05) is 20.8 Å². The van der Waals surface area contributed by atoms with Crippen LogP contribution in [0.3, 0.4) is 0 Å². The highest BCUT2D eigenvalue weighted by atomic mass is 35.5. The van der Waals surface area contributed by atoms with Gasteiger partial charge in [0.25, 0.3) is 0 Å². The van der Waals surface area contributed by atoms with E-state index in [1.165, 1.54) is 32.6 Å². The van der Waals surface area contributed by atoms with Crippen LogP contribution in [0.2, 0.25) is 0 Å². The lowest BCUT2D eigenvalue weighted by atomic mass is 9.57. The highest BCUT2D eigenvalue weighted by molar-refractivity contribution is 7.48. The van der Waals surface area contributed by atoms with Crippen LogP contribution in [0.5, 0.6) is 0 Å². The molecule has 1 fully saturated rings. The third kappa shape index (κ3) is 7.03. The summed E-state index contributed by atoms with van der Waals surface area (Å²) in [7, 11) is -1.12. The lowest BCUT2D eigenvalue weighted by Gasteiger charge is -2.47. The molecule has 0 amide bonds. The molecule has 0 radical (unpaired) electrons. The maximum absolute atomic E-state index is 11.0. The largest absolute Gasteiger partial charge is 0.529 e. The summed E-state index contributed by atoms with van der Waals surface area (Å²) >= 11 is 10.3. The van der Waals surface area contributed by atoms with Gasteiger partial charge in [-0.3, -0.25) is 9.05 Å². The second-order valence-electron chi connectivity index (χ2n) is 5.39. The molecular weight excluding hydrogens is 350 g/mol. The normalized spacial score (nSPS) is 23.7. The molecule has 0 bridgehead atoms. The Bertz CT molecular complexity index is 429. The molecule has 1 aliphatic rings. The molecule has 0 saturated heterocycles. The van der Waals surface area contributed by atoms with Gasteiger partial charge >= 0.3 is 7.82 Å². The van der Waals surface area contributed by atoms with E-state index in [0.29, 0.717) is 17.9 Å². The summed E-state index contributed by atoms with van der Waals surface area (Å²) in [6, 6.07) is 0. The molecule has 2 atom stereocenters. The molecule has 0 spiro atoms. The monoisotopic (exact) mass is 374 g/mol. The summed E-state index contributed by atoms with van der Waals surface area (Å²) in [6.07, 6.45) is 4.33. The van der Waals surface area contributed by atoms with Gasteiger partial charge in [0, 0.05) is 20.8 Å². The van der Waals surface area contributed by atoms with E-state index in [-0.39, 0.29) is 4.49 Å². The third-order valence-electron chi connectivity index (χ3n) is 3.84. The van der Waals surface area contributed by atoms with Gasteiger partial charge in [-0.25, -0.2) is 4.57 Å². The molecular formula is C14H25Cl2O5P. The fourth-order valence-corrected chi connectivity index (χ4v) is 3.21. The first-order chi connectivity index (χ1) is 10.1. The van der Waals surface area contributed by atoms with Crippen LogP contribution >= 0.6 is 31.0 Å². The lowest BCUT2D eigenvalue weighted by molar-refractivity contribution is 0.0472. The number of phosphoric acid groups is 1. The molecule has 1 saturated carbocycles. The summed E-state index contributed by atoms with van der Waals surface area (Å²) in [5, 5.41) is 8.84. The average Bonchev–Trinajstić information content (AvgIpc) is 2.44. The second-order valence-corrected chi connectivity index (χ2v) is 8.23. The minimum Gasteiger partial charge on any atom is -0.409 e. The van der Waals surface area contributed by atoms with E-state index < -0.39 is 7.82 Å². The maximum Gasteiger partial charge on any atom is 0.529 e. The molecule has 1 N–H and O–H groups in total. The molecule has 5 nitrogen and oxygen atoms in total. The van der Waals surface area contributed by atoms with Gasteiger partial charge in [0.15, 0.2) is 0 Å². The topological polar surface area (TPSA) is 65.0 Å². The smallest absolute Gasteiger partial charge is 0.409 e. The standard InChI is InChI=1S/C10H18O.C4H7Cl2O4P/c1-8(2)9-4-5-10(9,3)6-7-11;1-8-11(7,9-2)10-3-4(5)6/h9,11H,1,4-7H2,2-3H3;3H,1-2H3/t9-,10+;/m0./s1. The molecule has 8 heteroatoms. The molecule has 1 aliphatic carbocycles. The van der Waals surface area contributed by atoms with Crippen LogP contribution in [0.15, 0.2) is 22.9 Å². The predicted molar refractivity (Wildman–Crippen MR) is 89.8 cm³/mol. The Morgan fingerprint density at radius 1 is 1.45 bits per heavy atom. The maximum atomic E-state index is 11.0. The number of hydrogen-bond donors (Lipinski definition) is 1. The van der Waals surface area contributed by atoms with Crippen molar-refractivity contribution in [3.63, 3.8) is 0 Å². The van der Waals surface area contributed by atoms with Crippen molar-refractivity contribution < 1.29 is 23.2 Å². The van der Waals surface area contributed by atoms with Crippen LogP contribution in [0, 0.1) is 11.3 Å². The van der Waals surface area contributed by atoms with Gasteiger partial charge < -0.3 is 9.63 Å². The van der Waals surface area contributed by atoms with Crippen LogP contribution in [0.4, 0.5) is 0 Å². The van der Waals surface area contributed by atoms with Crippen molar-refractivity contribution in [3.8, 4) is 0 Å². The molecule has 0 aromatic carbocycles. The molecule has 0 aromatic heterocycles. The zero-order valence-corrected chi connectivity index (χ0v) is 15.9. The van der Waals surface area contributed by atoms with Gasteiger partial charge in [-0.05, 0) is 37.5 Å². The van der Waals surface area contributed by atoms with Crippen LogP contribution < -0.4 is 0 Å². The van der Waals surface area contributed by atoms with Gasteiger partial charge in [0.1, 0.15) is 10.8 Å². The Balaban J connectivity index is 0.000000401. The van der Waals surface area contributed by atoms with Crippen molar-refractivity contribution in [1.29, 1.82) is 0 Å². The van der Waals surface area contributed by atoms with Crippen molar-refractivity contribution in [2.45, 2.75) is 33.1 Å². The number of rotatable bonds is 7. The van der Waals surface area contributed by atoms with E-state index in [1.807, 2.05) is 0 Å². The summed E-state index contributed by atoms with van der Waals surface area (Å²) < 4.78 is 24.1. The Morgan fingerprint density at radius 3 is 2.27 bits per heavy atom. The number of hydrogen-bond acceptors (Lipinski definition) is 5. The van der Waals surface area contributed by atoms with E-state index in [0.717, 1.165) is 12.7 Å². The fourth-order valence-electron chi connectivity index (χ4n) is 2.44. The van der Waals surface area contributed by atoms with Crippen LogP contribution in [0.25, 0.3) is 0 Å². The van der Waals surface area contributed by atoms with Crippen molar-refractivity contribution in [3.05, 3.63) is 22.9 Å². The quantitative estimate of drug-likeness (QED) is 0.384. The van der Waals surface area contributed by atoms with Gasteiger partial charge in [0.05, 0.1) is 0 Å². The highest BCUT2D eigenvalue weighted by Gasteiger charge is 2.41. The molecule has 0 unspecified atom stereocenters. The third-order valence-corrected chi connectivity index (χ3v) is 5.28. The Kier molecular flexibility index (Phi) is 9.95. The zero-order valence-electron chi connectivity index (χ0n) is 13.5. The predicted octanol–water partition coefficient (Wildman–Crippen LogP) is 5.04. The number of aliphatic hydroxyl groups excluding tert-OH is 1. The van der Waals surface area contributed by atoms with Gasteiger partial charge in [-0.1, -0.05) is 42.3 Å². The number of phosphoric ester groups is 1. The molecule has 22 heavy (non-hydrogen) atoms. The summed E-state index contributed by atoms with van der Waals surface area (Å²) in [5.41, 5.74) is 1.65. The van der Waals surface area contributed by atoms with Gasteiger partial charge in [0.2, 0.25) is 0 Å². The highest BCUT2D eigenvalue weighted by Crippen LogP contribution is 2.51. The fraction of sp³-hybridized carbons (Fsp3) is 0.714. The van der Waals surface area contributed by atoms with Crippen LogP contribution in [0.1, 0.15) is 33.1 Å². The van der Waals surface area contributed by atoms with E-state index in [9.17, 15) is 4.57 Å². The van der Waals surface area contributed by atoms with Crippen LogP contribution in [-0.2, 0) is 18.1 Å². The van der Waals surface area contributed by atoms with Crippen LogP contribution in [-0.4, -0.2) is 25.9 Å². The Morgan fingerprint density at radius 2 is 2.00 bits per heavy atom. The molecule has 1 rings (SSSR count). The first kappa shape index (κ1) is 22.0. The number of allylic oxidation sites excluding steroid dienone is 1. The first-order valence-electron chi connectivity index (χ1n) is 6.81. The SMILES string of the molecule is C=C(C)[C@@H]1CC[C@]1(C)CCO.COP(=O)(OC)OC=C(Cl)Cl. The van der Waals surface area contributed by atoms with Crippen molar-refractivity contribution >= 4 is 31.0 Å². The minimum absolute atomic E-state index is 0.167. The van der Waals surface area contributed by atoms with Gasteiger partial charge in [-0.15, -0.1) is 0 Å². The number of aliphatic hydroxyl groups is 1. The lowest BCUT2D eigenvalue weighted by Crippen LogP contribution is -2.38. The molecule has 0 aromatic rings. The van der Waals surface area contributed by atoms with E-state index >= 15 is 0 Å². The van der Waals surface area contributed by atoms with Gasteiger partial charge in [-0.2, -0.15) is 0 Å². The summed E-state index contributed by atoms with van der Waals surface area (Å²) in [6.45, 7) is 8.65. The minimum atomic E-state index is -3.48. The average molecular weight is 375 g/mol. The first-order valence-corrected chi connectivity index (χ1v) is 9.03. The number of halogens is 2.